The lowest BCUT2D eigenvalue weighted by molar-refractivity contribution is -0.154. The molecule has 0 saturated carbocycles. The van der Waals surface area contributed by atoms with Crippen molar-refractivity contribution in [3.63, 3.8) is 0 Å². The summed E-state index contributed by atoms with van der Waals surface area (Å²) < 4.78 is 10.1. The highest BCUT2D eigenvalue weighted by molar-refractivity contribution is 5.98. The summed E-state index contributed by atoms with van der Waals surface area (Å²) in [6.07, 6.45) is -0.244. The zero-order valence-corrected chi connectivity index (χ0v) is 15.2. The van der Waals surface area contributed by atoms with Crippen LogP contribution in [-0.2, 0) is 14.3 Å². The molecule has 1 aromatic carbocycles. The first kappa shape index (κ1) is 18.5. The van der Waals surface area contributed by atoms with Crippen molar-refractivity contribution in [1.82, 2.24) is 15.5 Å². The molecule has 0 aromatic heterocycles. The minimum atomic E-state index is -0.771. The average molecular weight is 362 g/mol. The fourth-order valence-corrected chi connectivity index (χ4v) is 3.29. The van der Waals surface area contributed by atoms with Gasteiger partial charge in [-0.05, 0) is 31.2 Å². The molecule has 0 radical (unpaired) electrons. The van der Waals surface area contributed by atoms with E-state index in [1.54, 1.807) is 14.0 Å². The number of amides is 1. The third-order valence-corrected chi connectivity index (χ3v) is 4.80. The maximum Gasteiger partial charge on any atom is 0.319 e. The largest absolute Gasteiger partial charge is 0.497 e. The first-order valence-corrected chi connectivity index (χ1v) is 8.96. The lowest BCUT2D eigenvalue weighted by atomic mass is 10.1. The van der Waals surface area contributed by atoms with Gasteiger partial charge in [0.1, 0.15) is 18.0 Å². The molecule has 8 heteroatoms. The molecule has 26 heavy (non-hydrogen) atoms. The van der Waals surface area contributed by atoms with E-state index in [2.05, 4.69) is 32.6 Å². The van der Waals surface area contributed by atoms with E-state index in [1.165, 1.54) is 0 Å². The summed E-state index contributed by atoms with van der Waals surface area (Å²) in [4.78, 5) is 28.5. The normalized spacial score (nSPS) is 24.1. The van der Waals surface area contributed by atoms with E-state index >= 15 is 0 Å². The molecule has 0 spiro atoms. The topological polar surface area (TPSA) is 83.1 Å². The summed E-state index contributed by atoms with van der Waals surface area (Å²) in [5, 5.41) is 6.12. The Morgan fingerprint density at radius 3 is 2.46 bits per heavy atom. The quantitative estimate of drug-likeness (QED) is 0.563. The van der Waals surface area contributed by atoms with Crippen LogP contribution in [0.25, 0.3) is 0 Å². The first-order chi connectivity index (χ1) is 12.6. The van der Waals surface area contributed by atoms with Crippen LogP contribution in [0.4, 0.5) is 5.69 Å². The maximum atomic E-state index is 12.2. The van der Waals surface area contributed by atoms with Gasteiger partial charge in [-0.2, -0.15) is 0 Å². The number of esters is 1. The molecular weight excluding hydrogens is 336 g/mol. The summed E-state index contributed by atoms with van der Waals surface area (Å²) >= 11 is 0. The number of nitrogens with one attached hydrogen (secondary N) is 2. The van der Waals surface area contributed by atoms with Gasteiger partial charge in [-0.25, -0.2) is 0 Å². The van der Waals surface area contributed by atoms with E-state index in [0.717, 1.165) is 37.6 Å². The van der Waals surface area contributed by atoms with Crippen LogP contribution in [0.3, 0.4) is 0 Å². The van der Waals surface area contributed by atoms with Gasteiger partial charge < -0.3 is 19.7 Å². The van der Waals surface area contributed by atoms with Crippen LogP contribution in [0.1, 0.15) is 6.92 Å². The molecule has 2 unspecified atom stereocenters. The number of benzene rings is 1. The van der Waals surface area contributed by atoms with Crippen molar-refractivity contribution >= 4 is 17.6 Å². The maximum absolute atomic E-state index is 12.2. The summed E-state index contributed by atoms with van der Waals surface area (Å²) in [6, 6.07) is 8.03. The molecule has 0 bridgehead atoms. The number of rotatable bonds is 5. The summed E-state index contributed by atoms with van der Waals surface area (Å²) in [5.74, 6) is -0.672. The van der Waals surface area contributed by atoms with Gasteiger partial charge in [0, 0.05) is 38.4 Å². The number of piperazine rings is 1. The zero-order valence-electron chi connectivity index (χ0n) is 15.2. The van der Waals surface area contributed by atoms with Crippen molar-refractivity contribution in [2.45, 2.75) is 13.2 Å². The fourth-order valence-electron chi connectivity index (χ4n) is 3.29. The van der Waals surface area contributed by atoms with Crippen LogP contribution >= 0.6 is 0 Å². The van der Waals surface area contributed by atoms with Crippen LogP contribution in [0.5, 0.6) is 5.75 Å². The molecule has 2 saturated heterocycles. The number of methoxy groups -OCH3 is 1. The second-order valence-corrected chi connectivity index (χ2v) is 6.35. The SMILES string of the molecule is CCOC(=O)C1CNC(N2CCN(c3ccc(OC)cc3)CC2)NC1=O. The van der Waals surface area contributed by atoms with Crippen LogP contribution < -0.4 is 20.3 Å². The van der Waals surface area contributed by atoms with Crippen molar-refractivity contribution in [3.05, 3.63) is 24.3 Å². The fraction of sp³-hybridized carbons (Fsp3) is 0.556. The monoisotopic (exact) mass is 362 g/mol. The molecule has 8 nitrogen and oxygen atoms in total. The highest BCUT2D eigenvalue weighted by Gasteiger charge is 2.36. The number of carbonyl (C=O) groups is 2. The number of nitrogens with zero attached hydrogens (tertiary/aromatic N) is 2. The second kappa shape index (κ2) is 8.37. The number of hydrogen-bond donors (Lipinski definition) is 2. The molecule has 2 fully saturated rings. The van der Waals surface area contributed by atoms with Gasteiger partial charge in [0.15, 0.2) is 0 Å². The average Bonchev–Trinajstić information content (AvgIpc) is 2.68. The Morgan fingerprint density at radius 2 is 1.88 bits per heavy atom. The number of carbonyl (C=O) groups excluding carboxylic acids is 2. The van der Waals surface area contributed by atoms with Crippen molar-refractivity contribution in [2.75, 3.05) is 51.3 Å². The Morgan fingerprint density at radius 1 is 1.19 bits per heavy atom. The number of hydrogen-bond acceptors (Lipinski definition) is 7. The molecule has 2 aliphatic heterocycles. The molecule has 2 atom stereocenters. The third-order valence-electron chi connectivity index (χ3n) is 4.80. The highest BCUT2D eigenvalue weighted by atomic mass is 16.5. The van der Waals surface area contributed by atoms with E-state index in [1.807, 2.05) is 12.1 Å². The Bertz CT molecular complexity index is 629. The first-order valence-electron chi connectivity index (χ1n) is 8.96. The Balaban J connectivity index is 1.50. The third kappa shape index (κ3) is 4.08. The minimum Gasteiger partial charge on any atom is -0.497 e. The molecule has 142 valence electrons. The predicted molar refractivity (Wildman–Crippen MR) is 96.8 cm³/mol. The minimum absolute atomic E-state index is 0.244. The second-order valence-electron chi connectivity index (χ2n) is 6.35. The molecule has 0 aliphatic carbocycles. The van der Waals surface area contributed by atoms with E-state index in [-0.39, 0.29) is 18.8 Å². The molecule has 2 N–H and O–H groups in total. The predicted octanol–water partition coefficient (Wildman–Crippen LogP) is -0.000500. The van der Waals surface area contributed by atoms with E-state index in [0.29, 0.717) is 6.54 Å². The summed E-state index contributed by atoms with van der Waals surface area (Å²) in [6.45, 7) is 5.66. The molecule has 1 amide bonds. The van der Waals surface area contributed by atoms with Crippen LogP contribution in [-0.4, -0.2) is 69.5 Å². The van der Waals surface area contributed by atoms with Gasteiger partial charge in [-0.15, -0.1) is 0 Å². The Hall–Kier alpha value is -2.32. The molecular formula is C18H26N4O4. The van der Waals surface area contributed by atoms with Gasteiger partial charge in [-0.3, -0.25) is 19.8 Å². The number of anilines is 1. The molecule has 2 aliphatic rings. The van der Waals surface area contributed by atoms with Crippen molar-refractivity contribution in [3.8, 4) is 5.75 Å². The molecule has 3 rings (SSSR count). The van der Waals surface area contributed by atoms with Crippen LogP contribution in [0, 0.1) is 5.92 Å². The van der Waals surface area contributed by atoms with E-state index in [4.69, 9.17) is 9.47 Å². The van der Waals surface area contributed by atoms with Crippen LogP contribution in [0.2, 0.25) is 0 Å². The molecule has 2 heterocycles. The summed E-state index contributed by atoms with van der Waals surface area (Å²) in [5.41, 5.74) is 1.16. The standard InChI is InChI=1S/C18H26N4O4/c1-3-26-17(24)15-12-19-18(20-16(15)23)22-10-8-21(9-11-22)13-4-6-14(25-2)7-5-13/h4-7,15,18-19H,3,8-12H2,1-2H3,(H,20,23). The summed E-state index contributed by atoms with van der Waals surface area (Å²) in [7, 11) is 1.66. The van der Waals surface area contributed by atoms with Crippen LogP contribution in [0.15, 0.2) is 24.3 Å². The zero-order chi connectivity index (χ0) is 18.5. The van der Waals surface area contributed by atoms with Crippen molar-refractivity contribution in [2.24, 2.45) is 5.92 Å². The highest BCUT2D eigenvalue weighted by Crippen LogP contribution is 2.21. The lowest BCUT2D eigenvalue weighted by Crippen LogP contribution is -2.67. The Kier molecular flexibility index (Phi) is 5.95. The van der Waals surface area contributed by atoms with E-state index < -0.39 is 11.9 Å². The smallest absolute Gasteiger partial charge is 0.319 e. The van der Waals surface area contributed by atoms with Gasteiger partial charge in [-0.1, -0.05) is 0 Å². The van der Waals surface area contributed by atoms with Gasteiger partial charge >= 0.3 is 5.97 Å². The Labute approximate surface area is 153 Å². The molecule has 1 aromatic rings. The van der Waals surface area contributed by atoms with Gasteiger partial charge in [0.2, 0.25) is 5.91 Å². The number of ether oxygens (including phenoxy) is 2. The van der Waals surface area contributed by atoms with Crippen molar-refractivity contribution < 1.29 is 19.1 Å². The lowest BCUT2D eigenvalue weighted by Gasteiger charge is -2.42. The van der Waals surface area contributed by atoms with Gasteiger partial charge in [0.25, 0.3) is 0 Å². The van der Waals surface area contributed by atoms with E-state index in [9.17, 15) is 9.59 Å². The van der Waals surface area contributed by atoms with Crippen molar-refractivity contribution in [1.29, 1.82) is 0 Å². The van der Waals surface area contributed by atoms with Gasteiger partial charge in [0.05, 0.1) is 13.7 Å².